The Morgan fingerprint density at radius 2 is 2.30 bits per heavy atom. The van der Waals surface area contributed by atoms with Gasteiger partial charge in [-0.1, -0.05) is 0 Å². The fourth-order valence-electron chi connectivity index (χ4n) is 2.31. The van der Waals surface area contributed by atoms with Crippen LogP contribution in [0.2, 0.25) is 0 Å². The topological polar surface area (TPSA) is 114 Å². The number of carbonyl (C=O) groups is 2. The van der Waals surface area contributed by atoms with Crippen molar-refractivity contribution in [2.24, 2.45) is 0 Å². The predicted octanol–water partition coefficient (Wildman–Crippen LogP) is -0.687. The first-order chi connectivity index (χ1) is 10.9. The van der Waals surface area contributed by atoms with Gasteiger partial charge in [0.15, 0.2) is 0 Å². The Balaban J connectivity index is 1.96. The van der Waals surface area contributed by atoms with Gasteiger partial charge in [-0.15, -0.1) is 0 Å². The summed E-state index contributed by atoms with van der Waals surface area (Å²) in [6, 6.07) is 3.52. The van der Waals surface area contributed by atoms with Crippen molar-refractivity contribution in [3.8, 4) is 6.07 Å². The van der Waals surface area contributed by atoms with Crippen LogP contribution in [0.4, 0.5) is 8.78 Å². The van der Waals surface area contributed by atoms with E-state index < -0.39 is 43.3 Å². The van der Waals surface area contributed by atoms with Crippen molar-refractivity contribution in [3.05, 3.63) is 29.6 Å². The number of quaternary nitrogens is 1. The number of aromatic nitrogens is 1. The molecule has 7 nitrogen and oxygen atoms in total. The van der Waals surface area contributed by atoms with E-state index in [4.69, 9.17) is 5.26 Å². The van der Waals surface area contributed by atoms with Crippen molar-refractivity contribution >= 4 is 11.8 Å². The standard InChI is InChI=1S/C14H15F2N5O2/c15-14(16)4-11(6-18)21(8-14)12(22)7-20-13(23)9-1-2-19-10(3-9)5-17/h1-3,11H,4-5,7-8,17H2,(H,20,23)/p+1. The number of nitrogens with one attached hydrogen (secondary N) is 1. The number of hydrogen-bond acceptors (Lipinski definition) is 4. The molecular formula is C14H16F2N5O2+. The molecule has 2 heterocycles. The molecule has 23 heavy (non-hydrogen) atoms. The van der Waals surface area contributed by atoms with Crippen LogP contribution in [0.3, 0.4) is 0 Å². The Hall–Kier alpha value is -2.60. The maximum absolute atomic E-state index is 13.3. The quantitative estimate of drug-likeness (QED) is 0.763. The monoisotopic (exact) mass is 324 g/mol. The molecule has 1 unspecified atom stereocenters. The number of rotatable bonds is 4. The SMILES string of the molecule is N#CC1CC(F)(F)CN1C(=O)CNC(=O)c1ccnc(C[NH3+])c1. The third kappa shape index (κ3) is 3.98. The zero-order valence-corrected chi connectivity index (χ0v) is 12.3. The number of halogens is 2. The van der Waals surface area contributed by atoms with E-state index in [0.717, 1.165) is 4.90 Å². The lowest BCUT2D eigenvalue weighted by Crippen LogP contribution is -2.48. The Labute approximate surface area is 131 Å². The molecule has 0 aromatic carbocycles. The molecule has 1 aliphatic rings. The third-order valence-corrected chi connectivity index (χ3v) is 3.47. The van der Waals surface area contributed by atoms with Crippen LogP contribution in [0.25, 0.3) is 0 Å². The maximum Gasteiger partial charge on any atom is 0.268 e. The van der Waals surface area contributed by atoms with Crippen molar-refractivity contribution in [2.75, 3.05) is 13.1 Å². The summed E-state index contributed by atoms with van der Waals surface area (Å²) in [7, 11) is 0. The highest BCUT2D eigenvalue weighted by Crippen LogP contribution is 2.31. The molecule has 1 saturated heterocycles. The van der Waals surface area contributed by atoms with Gasteiger partial charge in [0.05, 0.1) is 24.9 Å². The molecule has 1 aromatic rings. The van der Waals surface area contributed by atoms with E-state index in [1.54, 1.807) is 6.07 Å². The minimum Gasteiger partial charge on any atom is -0.353 e. The molecule has 1 aliphatic heterocycles. The highest BCUT2D eigenvalue weighted by Gasteiger charge is 2.47. The van der Waals surface area contributed by atoms with E-state index in [1.165, 1.54) is 18.3 Å². The minimum atomic E-state index is -3.08. The molecule has 2 rings (SSSR count). The number of likely N-dealkylation sites (tertiary alicyclic amines) is 1. The van der Waals surface area contributed by atoms with E-state index in [2.05, 4.69) is 16.0 Å². The Kier molecular flexibility index (Phi) is 4.86. The van der Waals surface area contributed by atoms with Crippen LogP contribution in [0.15, 0.2) is 18.3 Å². The lowest BCUT2D eigenvalue weighted by Gasteiger charge is -2.19. The number of carbonyl (C=O) groups excluding carboxylic acids is 2. The van der Waals surface area contributed by atoms with E-state index in [0.29, 0.717) is 17.8 Å². The van der Waals surface area contributed by atoms with Crippen LogP contribution in [-0.4, -0.2) is 46.8 Å². The van der Waals surface area contributed by atoms with Crippen molar-refractivity contribution < 1.29 is 24.1 Å². The average Bonchev–Trinajstić information content (AvgIpc) is 2.87. The molecule has 0 saturated carbocycles. The van der Waals surface area contributed by atoms with Crippen LogP contribution in [0.5, 0.6) is 0 Å². The normalized spacial score (nSPS) is 19.2. The zero-order valence-electron chi connectivity index (χ0n) is 12.3. The van der Waals surface area contributed by atoms with Crippen molar-refractivity contribution in [1.29, 1.82) is 5.26 Å². The second-order valence-corrected chi connectivity index (χ2v) is 5.20. The Morgan fingerprint density at radius 3 is 2.96 bits per heavy atom. The van der Waals surface area contributed by atoms with Gasteiger partial charge in [0.1, 0.15) is 12.6 Å². The van der Waals surface area contributed by atoms with Crippen LogP contribution in [0.1, 0.15) is 22.5 Å². The number of pyridine rings is 1. The number of nitriles is 1. The number of hydrogen-bond donors (Lipinski definition) is 2. The lowest BCUT2D eigenvalue weighted by atomic mass is 10.2. The summed E-state index contributed by atoms with van der Waals surface area (Å²) in [6.07, 6.45) is 0.768. The summed E-state index contributed by atoms with van der Waals surface area (Å²) in [6.45, 7) is -0.845. The first-order valence-corrected chi connectivity index (χ1v) is 6.95. The first kappa shape index (κ1) is 16.8. The van der Waals surface area contributed by atoms with E-state index >= 15 is 0 Å². The molecule has 1 fully saturated rings. The van der Waals surface area contributed by atoms with Gasteiger partial charge in [-0.2, -0.15) is 5.26 Å². The van der Waals surface area contributed by atoms with Crippen LogP contribution >= 0.6 is 0 Å². The molecule has 0 aliphatic carbocycles. The number of nitrogens with zero attached hydrogens (tertiary/aromatic N) is 3. The van der Waals surface area contributed by atoms with Crippen LogP contribution in [0, 0.1) is 11.3 Å². The molecule has 2 amide bonds. The summed E-state index contributed by atoms with van der Waals surface area (Å²) < 4.78 is 26.6. The minimum absolute atomic E-state index is 0.301. The van der Waals surface area contributed by atoms with Crippen molar-refractivity contribution in [2.45, 2.75) is 24.9 Å². The molecule has 0 bridgehead atoms. The van der Waals surface area contributed by atoms with Gasteiger partial charge in [0, 0.05) is 18.2 Å². The Morgan fingerprint density at radius 1 is 1.57 bits per heavy atom. The summed E-state index contributed by atoms with van der Waals surface area (Å²) in [5, 5.41) is 11.2. The molecule has 1 atom stereocenters. The van der Waals surface area contributed by atoms with Crippen LogP contribution < -0.4 is 11.1 Å². The van der Waals surface area contributed by atoms with Gasteiger partial charge in [-0.05, 0) is 12.1 Å². The molecular weight excluding hydrogens is 308 g/mol. The number of amides is 2. The fraction of sp³-hybridized carbons (Fsp3) is 0.429. The van der Waals surface area contributed by atoms with Gasteiger partial charge in [0.2, 0.25) is 5.91 Å². The third-order valence-electron chi connectivity index (χ3n) is 3.47. The van der Waals surface area contributed by atoms with Crippen molar-refractivity contribution in [1.82, 2.24) is 15.2 Å². The summed E-state index contributed by atoms with van der Waals surface area (Å²) in [5.41, 5.74) is 4.58. The lowest BCUT2D eigenvalue weighted by molar-refractivity contribution is -0.387. The molecule has 1 aromatic heterocycles. The molecule has 0 spiro atoms. The summed E-state index contributed by atoms with van der Waals surface area (Å²) >= 11 is 0. The van der Waals surface area contributed by atoms with Gasteiger partial charge in [0.25, 0.3) is 11.8 Å². The number of alkyl halides is 2. The Bertz CT molecular complexity index is 659. The molecule has 0 radical (unpaired) electrons. The maximum atomic E-state index is 13.3. The zero-order chi connectivity index (χ0) is 17.0. The van der Waals surface area contributed by atoms with Gasteiger partial charge in [-0.3, -0.25) is 14.6 Å². The smallest absolute Gasteiger partial charge is 0.268 e. The highest BCUT2D eigenvalue weighted by molar-refractivity contribution is 5.96. The van der Waals surface area contributed by atoms with E-state index in [1.807, 2.05) is 0 Å². The summed E-state index contributed by atoms with van der Waals surface area (Å²) in [4.78, 5) is 28.7. The molecule has 9 heteroatoms. The fourth-order valence-corrected chi connectivity index (χ4v) is 2.31. The van der Waals surface area contributed by atoms with Crippen molar-refractivity contribution in [3.63, 3.8) is 0 Å². The summed E-state index contributed by atoms with van der Waals surface area (Å²) in [5.74, 6) is -4.31. The second-order valence-electron chi connectivity index (χ2n) is 5.20. The first-order valence-electron chi connectivity index (χ1n) is 6.95. The van der Waals surface area contributed by atoms with E-state index in [-0.39, 0.29) is 0 Å². The molecule has 4 N–H and O–H groups in total. The van der Waals surface area contributed by atoms with E-state index in [9.17, 15) is 18.4 Å². The largest absolute Gasteiger partial charge is 0.353 e. The average molecular weight is 324 g/mol. The van der Waals surface area contributed by atoms with Gasteiger partial charge >= 0.3 is 0 Å². The highest BCUT2D eigenvalue weighted by atomic mass is 19.3. The second kappa shape index (κ2) is 6.66. The van der Waals surface area contributed by atoms with Gasteiger partial charge in [-0.25, -0.2) is 8.78 Å². The predicted molar refractivity (Wildman–Crippen MR) is 73.8 cm³/mol. The van der Waals surface area contributed by atoms with Crippen LogP contribution in [-0.2, 0) is 11.3 Å². The van der Waals surface area contributed by atoms with Gasteiger partial charge < -0.3 is 16.0 Å². The molecule has 122 valence electrons.